The third-order valence-electron chi connectivity index (χ3n) is 8.14. The van der Waals surface area contributed by atoms with Crippen LogP contribution in [-0.2, 0) is 16.1 Å². The fraction of sp³-hybridized carbons (Fsp3) is 0.576. The topological polar surface area (TPSA) is 78.9 Å². The largest absolute Gasteiger partial charge is 0.480 e. The zero-order valence-electron chi connectivity index (χ0n) is 24.8. The van der Waals surface area contributed by atoms with Gasteiger partial charge in [-0.2, -0.15) is 11.8 Å². The second kappa shape index (κ2) is 16.8. The Morgan fingerprint density at radius 3 is 2.45 bits per heavy atom. The highest BCUT2D eigenvalue weighted by atomic mass is 32.2. The first kappa shape index (κ1) is 32.2. The molecule has 2 N–H and O–H groups in total. The Morgan fingerprint density at radius 1 is 1.07 bits per heavy atom. The summed E-state index contributed by atoms with van der Waals surface area (Å²) in [6.07, 6.45) is 10.2. The van der Waals surface area contributed by atoms with Crippen molar-refractivity contribution in [1.29, 1.82) is 0 Å². The van der Waals surface area contributed by atoms with Crippen LogP contribution in [0.5, 0.6) is 0 Å². The third kappa shape index (κ3) is 9.64. The number of nitrogens with zero attached hydrogens (tertiary/aromatic N) is 1. The second-order valence-electron chi connectivity index (χ2n) is 11.0. The van der Waals surface area contributed by atoms with E-state index in [0.717, 1.165) is 54.2 Å². The van der Waals surface area contributed by atoms with Crippen LogP contribution in [-0.4, -0.2) is 65.7 Å². The molecule has 1 amide bonds. The van der Waals surface area contributed by atoms with Crippen molar-refractivity contribution in [3.8, 4) is 11.1 Å². The molecule has 0 bridgehead atoms. The van der Waals surface area contributed by atoms with Crippen molar-refractivity contribution in [2.45, 2.75) is 84.5 Å². The molecule has 2 aromatic rings. The van der Waals surface area contributed by atoms with Gasteiger partial charge in [0, 0.05) is 12.1 Å². The molecule has 0 saturated heterocycles. The zero-order valence-corrected chi connectivity index (χ0v) is 25.6. The average molecular weight is 569 g/mol. The Bertz CT molecular complexity index is 1080. The number of carboxylic acids is 1. The van der Waals surface area contributed by atoms with Gasteiger partial charge in [0.1, 0.15) is 6.04 Å². The molecule has 1 aliphatic carbocycles. The smallest absolute Gasteiger partial charge is 0.326 e. The van der Waals surface area contributed by atoms with Crippen LogP contribution in [0.2, 0.25) is 0 Å². The third-order valence-corrected chi connectivity index (χ3v) is 8.78. The van der Waals surface area contributed by atoms with Gasteiger partial charge in [0.25, 0.3) is 5.91 Å². The summed E-state index contributed by atoms with van der Waals surface area (Å²) < 4.78 is 6.60. The maximum atomic E-state index is 13.4. The first-order chi connectivity index (χ1) is 19.4. The number of hydrogen-bond donors (Lipinski definition) is 2. The van der Waals surface area contributed by atoms with Gasteiger partial charge in [0.05, 0.1) is 12.7 Å². The minimum absolute atomic E-state index is 0.167. The minimum atomic E-state index is -1.01. The summed E-state index contributed by atoms with van der Waals surface area (Å²) in [6, 6.07) is 12.9. The van der Waals surface area contributed by atoms with E-state index in [1.54, 1.807) is 11.8 Å². The average Bonchev–Trinajstić information content (AvgIpc) is 2.97. The van der Waals surface area contributed by atoms with E-state index in [1.165, 1.54) is 32.1 Å². The molecule has 0 spiro atoms. The van der Waals surface area contributed by atoms with Crippen LogP contribution < -0.4 is 5.32 Å². The molecule has 6 nitrogen and oxygen atoms in total. The van der Waals surface area contributed by atoms with Gasteiger partial charge in [-0.15, -0.1) is 0 Å². The number of ether oxygens (including phenoxy) is 1. The molecule has 1 saturated carbocycles. The summed E-state index contributed by atoms with van der Waals surface area (Å²) in [4.78, 5) is 27.6. The van der Waals surface area contributed by atoms with E-state index in [1.807, 2.05) is 55.6 Å². The van der Waals surface area contributed by atoms with Crippen molar-refractivity contribution in [3.05, 3.63) is 59.2 Å². The van der Waals surface area contributed by atoms with E-state index < -0.39 is 12.0 Å². The van der Waals surface area contributed by atoms with Crippen molar-refractivity contribution < 1.29 is 19.4 Å². The lowest BCUT2D eigenvalue weighted by Crippen LogP contribution is -2.41. The maximum Gasteiger partial charge on any atom is 0.326 e. The first-order valence-corrected chi connectivity index (χ1v) is 16.3. The zero-order chi connectivity index (χ0) is 28.9. The molecular formula is C33H48N2O4S. The highest BCUT2D eigenvalue weighted by Gasteiger charge is 2.24. The second-order valence-corrected chi connectivity index (χ2v) is 12.0. The molecule has 7 heteroatoms. The summed E-state index contributed by atoms with van der Waals surface area (Å²) in [5.41, 5.74) is 4.32. The van der Waals surface area contributed by atoms with E-state index in [-0.39, 0.29) is 12.0 Å². The van der Waals surface area contributed by atoms with Crippen LogP contribution in [0.1, 0.15) is 80.3 Å². The van der Waals surface area contributed by atoms with Crippen LogP contribution in [0, 0.1) is 12.8 Å². The molecule has 1 fully saturated rings. The van der Waals surface area contributed by atoms with Gasteiger partial charge in [-0.1, -0.05) is 76.3 Å². The maximum absolute atomic E-state index is 13.4. The molecule has 40 heavy (non-hydrogen) atoms. The van der Waals surface area contributed by atoms with Gasteiger partial charge in [-0.05, 0) is 85.2 Å². The van der Waals surface area contributed by atoms with Gasteiger partial charge in [0.15, 0.2) is 0 Å². The first-order valence-electron chi connectivity index (χ1n) is 14.9. The molecule has 2 aromatic carbocycles. The predicted molar refractivity (Wildman–Crippen MR) is 166 cm³/mol. The van der Waals surface area contributed by atoms with Gasteiger partial charge in [-0.25, -0.2) is 4.79 Å². The van der Waals surface area contributed by atoms with Crippen LogP contribution in [0.3, 0.4) is 0 Å². The standard InChI is InChI=1S/C33H48N2O4S/c1-5-35(6-2)22-27(20-25-13-8-7-9-14-25)39-23-26-16-17-29(30(21-26)28-15-11-10-12-24(28)3)32(36)34-31(33(37)38)18-19-40-4/h10-12,15-17,21,25,27,31H,5-9,13-14,18-20,22-23H2,1-4H3,(H,34,36)(H,37,38). The number of aliphatic carboxylic acids is 1. The van der Waals surface area contributed by atoms with Crippen LogP contribution in [0.15, 0.2) is 42.5 Å². The lowest BCUT2D eigenvalue weighted by atomic mass is 9.85. The van der Waals surface area contributed by atoms with Crippen LogP contribution >= 0.6 is 11.8 Å². The summed E-state index contributed by atoms with van der Waals surface area (Å²) in [5, 5.41) is 12.4. The number of likely N-dealkylation sites (N-methyl/N-ethyl adjacent to an activating group) is 1. The number of carbonyl (C=O) groups is 2. The Hall–Kier alpha value is -2.35. The highest BCUT2D eigenvalue weighted by molar-refractivity contribution is 7.98. The SMILES string of the molecule is CCN(CC)CC(CC1CCCCC1)OCc1ccc(C(=O)NC(CCSC)C(=O)O)c(-c2ccccc2C)c1. The van der Waals surface area contributed by atoms with Crippen LogP contribution in [0.25, 0.3) is 11.1 Å². The Labute approximate surface area is 245 Å². The van der Waals surface area contributed by atoms with Gasteiger partial charge < -0.3 is 20.1 Å². The highest BCUT2D eigenvalue weighted by Crippen LogP contribution is 2.31. The lowest BCUT2D eigenvalue weighted by Gasteiger charge is -2.30. The number of hydrogen-bond acceptors (Lipinski definition) is 5. The van der Waals surface area contributed by atoms with Crippen molar-refractivity contribution >= 4 is 23.6 Å². The molecule has 3 rings (SSSR count). The molecule has 0 heterocycles. The molecular weight excluding hydrogens is 520 g/mol. The van der Waals surface area contributed by atoms with Crippen molar-refractivity contribution in [3.63, 3.8) is 0 Å². The summed E-state index contributed by atoms with van der Waals surface area (Å²) in [7, 11) is 0. The molecule has 2 unspecified atom stereocenters. The quantitative estimate of drug-likeness (QED) is 0.232. The van der Waals surface area contributed by atoms with Gasteiger partial charge in [0.2, 0.25) is 0 Å². The molecule has 1 aliphatic rings. The monoisotopic (exact) mass is 568 g/mol. The van der Waals surface area contributed by atoms with Gasteiger partial charge >= 0.3 is 5.97 Å². The molecule has 2 atom stereocenters. The number of nitrogens with one attached hydrogen (secondary N) is 1. The number of carbonyl (C=O) groups excluding carboxylic acids is 1. The number of benzene rings is 2. The minimum Gasteiger partial charge on any atom is -0.480 e. The van der Waals surface area contributed by atoms with Gasteiger partial charge in [-0.3, -0.25) is 4.79 Å². The number of rotatable bonds is 16. The number of thioether (sulfide) groups is 1. The summed E-state index contributed by atoms with van der Waals surface area (Å²) in [6.45, 7) is 9.87. The lowest BCUT2D eigenvalue weighted by molar-refractivity contribution is -0.139. The van der Waals surface area contributed by atoms with Crippen LogP contribution in [0.4, 0.5) is 0 Å². The number of carboxylic acid groups (broad SMARTS) is 1. The normalized spacial score (nSPS) is 15.6. The summed E-state index contributed by atoms with van der Waals surface area (Å²) in [5.74, 6) is 0.0162. The fourth-order valence-corrected chi connectivity index (χ4v) is 6.15. The van der Waals surface area contributed by atoms with Crippen molar-refractivity contribution in [2.24, 2.45) is 5.92 Å². The Kier molecular flexibility index (Phi) is 13.5. The summed E-state index contributed by atoms with van der Waals surface area (Å²) >= 11 is 1.57. The van der Waals surface area contributed by atoms with Crippen molar-refractivity contribution in [1.82, 2.24) is 10.2 Å². The Morgan fingerprint density at radius 2 is 1.80 bits per heavy atom. The van der Waals surface area contributed by atoms with E-state index in [2.05, 4.69) is 24.1 Å². The fourth-order valence-electron chi connectivity index (χ4n) is 5.68. The van der Waals surface area contributed by atoms with Crippen molar-refractivity contribution in [2.75, 3.05) is 31.6 Å². The molecule has 0 aromatic heterocycles. The number of amides is 1. The van der Waals surface area contributed by atoms with E-state index in [0.29, 0.717) is 24.3 Å². The predicted octanol–water partition coefficient (Wildman–Crippen LogP) is 6.80. The van der Waals surface area contributed by atoms with E-state index in [9.17, 15) is 14.7 Å². The van der Waals surface area contributed by atoms with E-state index in [4.69, 9.17) is 4.74 Å². The number of aryl methyl sites for hydroxylation is 1. The molecule has 220 valence electrons. The Balaban J connectivity index is 1.84. The molecule has 0 aliphatic heterocycles. The van der Waals surface area contributed by atoms with E-state index >= 15 is 0 Å². The molecule has 0 radical (unpaired) electrons.